The van der Waals surface area contributed by atoms with Crippen molar-refractivity contribution in [1.29, 1.82) is 0 Å². The third-order valence-corrected chi connectivity index (χ3v) is 3.40. The summed E-state index contributed by atoms with van der Waals surface area (Å²) in [5.74, 6) is 0.761. The van der Waals surface area contributed by atoms with Gasteiger partial charge in [-0.25, -0.2) is 0 Å². The predicted molar refractivity (Wildman–Crippen MR) is 89.9 cm³/mol. The zero-order chi connectivity index (χ0) is 13.4. The number of hydrogen-bond acceptors (Lipinski definition) is 2. The number of carbonyl (C=O) groups is 1. The van der Waals surface area contributed by atoms with E-state index in [1.54, 1.807) is 0 Å². The van der Waals surface area contributed by atoms with Crippen molar-refractivity contribution in [2.45, 2.75) is 39.5 Å². The van der Waals surface area contributed by atoms with Gasteiger partial charge in [0.25, 0.3) is 0 Å². The lowest BCUT2D eigenvalue weighted by molar-refractivity contribution is -0.130. The molecule has 19 heavy (non-hydrogen) atoms. The molecular formula is C13H27IN4O. The number of carbonyl (C=O) groups excluding carboxylic acids is 1. The van der Waals surface area contributed by atoms with E-state index in [1.807, 2.05) is 18.7 Å². The van der Waals surface area contributed by atoms with E-state index in [0.717, 1.165) is 26.2 Å². The number of aliphatic imine (C=N–C) groups is 1. The van der Waals surface area contributed by atoms with Gasteiger partial charge in [0.1, 0.15) is 0 Å². The molecule has 0 bridgehead atoms. The molecule has 5 nitrogen and oxygen atoms in total. The van der Waals surface area contributed by atoms with Crippen LogP contribution < -0.4 is 5.73 Å². The minimum atomic E-state index is 0. The minimum Gasteiger partial charge on any atom is -0.370 e. The van der Waals surface area contributed by atoms with Gasteiger partial charge in [0.2, 0.25) is 5.91 Å². The molecule has 1 rings (SSSR count). The van der Waals surface area contributed by atoms with Crippen molar-refractivity contribution >= 4 is 35.8 Å². The number of likely N-dealkylation sites (tertiary alicyclic amines) is 1. The van der Waals surface area contributed by atoms with Gasteiger partial charge in [-0.05, 0) is 33.1 Å². The molecule has 1 fully saturated rings. The van der Waals surface area contributed by atoms with E-state index in [0.29, 0.717) is 18.9 Å². The highest BCUT2D eigenvalue weighted by Crippen LogP contribution is 2.07. The van der Waals surface area contributed by atoms with Gasteiger partial charge in [-0.1, -0.05) is 0 Å². The van der Waals surface area contributed by atoms with Crippen LogP contribution in [0.25, 0.3) is 0 Å². The van der Waals surface area contributed by atoms with Crippen LogP contribution in [0, 0.1) is 0 Å². The second-order valence-corrected chi connectivity index (χ2v) is 4.60. The van der Waals surface area contributed by atoms with Crippen molar-refractivity contribution in [3.8, 4) is 0 Å². The Bertz CT molecular complexity index is 286. The fourth-order valence-corrected chi connectivity index (χ4v) is 2.22. The molecule has 0 aromatic rings. The highest BCUT2D eigenvalue weighted by atomic mass is 127. The van der Waals surface area contributed by atoms with Gasteiger partial charge >= 0.3 is 0 Å². The van der Waals surface area contributed by atoms with Crippen LogP contribution in [0.3, 0.4) is 0 Å². The number of guanidine groups is 1. The number of hydrogen-bond donors (Lipinski definition) is 1. The van der Waals surface area contributed by atoms with Gasteiger partial charge in [0.15, 0.2) is 5.96 Å². The predicted octanol–water partition coefficient (Wildman–Crippen LogP) is 1.66. The number of nitrogens with two attached hydrogens (primary N) is 1. The lowest BCUT2D eigenvalue weighted by atomic mass is 10.1. The van der Waals surface area contributed by atoms with Crippen LogP contribution in [0.2, 0.25) is 0 Å². The van der Waals surface area contributed by atoms with Gasteiger partial charge in [0.05, 0.1) is 6.54 Å². The number of amides is 1. The SMILES string of the molecule is CCN(CC)C(=O)CCN=C(N)N1CCCCC1.I. The van der Waals surface area contributed by atoms with Crippen molar-refractivity contribution < 1.29 is 4.79 Å². The third-order valence-electron chi connectivity index (χ3n) is 3.40. The zero-order valence-electron chi connectivity index (χ0n) is 12.1. The molecule has 0 saturated carbocycles. The molecule has 0 aliphatic carbocycles. The lowest BCUT2D eigenvalue weighted by Gasteiger charge is -2.27. The summed E-state index contributed by atoms with van der Waals surface area (Å²) in [7, 11) is 0. The summed E-state index contributed by atoms with van der Waals surface area (Å²) in [4.78, 5) is 20.0. The first-order valence-corrected chi connectivity index (χ1v) is 7.01. The molecule has 0 spiro atoms. The molecule has 2 N–H and O–H groups in total. The molecule has 1 amide bonds. The Morgan fingerprint density at radius 1 is 1.21 bits per heavy atom. The van der Waals surface area contributed by atoms with E-state index >= 15 is 0 Å². The summed E-state index contributed by atoms with van der Waals surface area (Å²) in [6, 6.07) is 0. The summed E-state index contributed by atoms with van der Waals surface area (Å²) < 4.78 is 0. The Hall–Kier alpha value is -0.530. The highest BCUT2D eigenvalue weighted by Gasteiger charge is 2.12. The smallest absolute Gasteiger partial charge is 0.224 e. The first-order valence-electron chi connectivity index (χ1n) is 7.01. The maximum atomic E-state index is 11.8. The van der Waals surface area contributed by atoms with Crippen LogP contribution in [0.4, 0.5) is 0 Å². The van der Waals surface area contributed by atoms with E-state index in [1.165, 1.54) is 19.3 Å². The Labute approximate surface area is 133 Å². The summed E-state index contributed by atoms with van der Waals surface area (Å²) in [5, 5.41) is 0. The van der Waals surface area contributed by atoms with E-state index in [9.17, 15) is 4.79 Å². The van der Waals surface area contributed by atoms with Crippen molar-refractivity contribution in [3.05, 3.63) is 0 Å². The molecule has 1 aliphatic rings. The Morgan fingerprint density at radius 2 is 1.79 bits per heavy atom. The second kappa shape index (κ2) is 10.3. The summed E-state index contributed by atoms with van der Waals surface area (Å²) in [6.45, 7) is 8.01. The molecule has 0 atom stereocenters. The van der Waals surface area contributed by atoms with Crippen LogP contribution >= 0.6 is 24.0 Å². The Balaban J connectivity index is 0.00000324. The van der Waals surface area contributed by atoms with Crippen LogP contribution in [0.5, 0.6) is 0 Å². The largest absolute Gasteiger partial charge is 0.370 e. The summed E-state index contributed by atoms with van der Waals surface area (Å²) in [5.41, 5.74) is 5.93. The molecule has 1 aliphatic heterocycles. The standard InChI is InChI=1S/C13H26N4O.HI/c1-3-16(4-2)12(18)8-9-15-13(14)17-10-6-5-7-11-17;/h3-11H2,1-2H3,(H2,14,15);1H. The molecule has 0 radical (unpaired) electrons. The molecule has 112 valence electrons. The number of piperidine rings is 1. The molecule has 0 unspecified atom stereocenters. The van der Waals surface area contributed by atoms with Crippen molar-refractivity contribution in [2.75, 3.05) is 32.7 Å². The van der Waals surface area contributed by atoms with Crippen molar-refractivity contribution in [3.63, 3.8) is 0 Å². The first kappa shape index (κ1) is 18.5. The van der Waals surface area contributed by atoms with Crippen LogP contribution in [0.15, 0.2) is 4.99 Å². The van der Waals surface area contributed by atoms with Crippen molar-refractivity contribution in [2.24, 2.45) is 10.7 Å². The van der Waals surface area contributed by atoms with Gasteiger partial charge in [-0.2, -0.15) is 0 Å². The maximum Gasteiger partial charge on any atom is 0.224 e. The van der Waals surface area contributed by atoms with Gasteiger partial charge in [-0.15, -0.1) is 24.0 Å². The number of nitrogens with zero attached hydrogens (tertiary/aromatic N) is 3. The van der Waals surface area contributed by atoms with Crippen LogP contribution in [-0.2, 0) is 4.79 Å². The maximum absolute atomic E-state index is 11.8. The zero-order valence-corrected chi connectivity index (χ0v) is 14.4. The number of halogens is 1. The second-order valence-electron chi connectivity index (χ2n) is 4.60. The monoisotopic (exact) mass is 382 g/mol. The molecular weight excluding hydrogens is 355 g/mol. The van der Waals surface area contributed by atoms with Gasteiger partial charge < -0.3 is 15.5 Å². The fraction of sp³-hybridized carbons (Fsp3) is 0.846. The average molecular weight is 382 g/mol. The topological polar surface area (TPSA) is 61.9 Å². The summed E-state index contributed by atoms with van der Waals surface area (Å²) >= 11 is 0. The summed E-state index contributed by atoms with van der Waals surface area (Å²) in [6.07, 6.45) is 4.11. The third kappa shape index (κ3) is 6.44. The average Bonchev–Trinajstić information content (AvgIpc) is 2.41. The van der Waals surface area contributed by atoms with E-state index in [-0.39, 0.29) is 29.9 Å². The number of rotatable bonds is 5. The normalized spacial score (nSPS) is 15.9. The molecule has 0 aromatic carbocycles. The molecule has 1 saturated heterocycles. The fourth-order valence-electron chi connectivity index (χ4n) is 2.22. The van der Waals surface area contributed by atoms with E-state index in [2.05, 4.69) is 9.89 Å². The first-order chi connectivity index (χ1) is 8.69. The lowest BCUT2D eigenvalue weighted by Crippen LogP contribution is -2.41. The highest BCUT2D eigenvalue weighted by molar-refractivity contribution is 14.0. The Kier molecular flexibility index (Phi) is 9.99. The van der Waals surface area contributed by atoms with Gasteiger partial charge in [-0.3, -0.25) is 9.79 Å². The molecule has 1 heterocycles. The minimum absolute atomic E-state index is 0. The van der Waals surface area contributed by atoms with Crippen LogP contribution in [0.1, 0.15) is 39.5 Å². The van der Waals surface area contributed by atoms with E-state index in [4.69, 9.17) is 5.73 Å². The Morgan fingerprint density at radius 3 is 2.32 bits per heavy atom. The van der Waals surface area contributed by atoms with E-state index < -0.39 is 0 Å². The van der Waals surface area contributed by atoms with Crippen LogP contribution in [-0.4, -0.2) is 54.4 Å². The molecule has 0 aromatic heterocycles. The van der Waals surface area contributed by atoms with Crippen molar-refractivity contribution in [1.82, 2.24) is 9.80 Å². The molecule has 6 heteroatoms. The quantitative estimate of drug-likeness (QED) is 0.447. The van der Waals surface area contributed by atoms with Gasteiger partial charge in [0, 0.05) is 32.6 Å².